The second-order valence-electron chi connectivity index (χ2n) is 7.18. The lowest BCUT2D eigenvalue weighted by Crippen LogP contribution is -2.38. The average molecular weight is 425 g/mol. The van der Waals surface area contributed by atoms with Gasteiger partial charge in [0.05, 0.1) is 24.3 Å². The van der Waals surface area contributed by atoms with Crippen molar-refractivity contribution in [3.8, 4) is 11.5 Å². The number of phenols is 1. The number of methoxy groups -OCH3 is 1. The predicted octanol–water partition coefficient (Wildman–Crippen LogP) is 2.56. The van der Waals surface area contributed by atoms with E-state index in [2.05, 4.69) is 9.88 Å². The molecule has 2 aromatic rings. The van der Waals surface area contributed by atoms with Crippen molar-refractivity contribution in [1.82, 2.24) is 14.8 Å². The molecule has 1 fully saturated rings. The number of nitrogens with zero attached hydrogens (tertiary/aromatic N) is 3. The van der Waals surface area contributed by atoms with Crippen LogP contribution in [0.15, 0.2) is 48.3 Å². The molecule has 1 atom stereocenters. The zero-order valence-corrected chi connectivity index (χ0v) is 17.9. The van der Waals surface area contributed by atoms with E-state index in [0.29, 0.717) is 24.4 Å². The Labute approximate surface area is 181 Å². The van der Waals surface area contributed by atoms with Crippen LogP contribution in [0.2, 0.25) is 0 Å². The number of hydrogen-bond donors (Lipinski definition) is 2. The van der Waals surface area contributed by atoms with Crippen molar-refractivity contribution < 1.29 is 24.5 Å². The summed E-state index contributed by atoms with van der Waals surface area (Å²) in [5.74, 6) is -1.73. The van der Waals surface area contributed by atoms with Crippen LogP contribution in [0.25, 0.3) is 5.76 Å². The summed E-state index contributed by atoms with van der Waals surface area (Å²) in [6, 6.07) is 7.00. The highest BCUT2D eigenvalue weighted by Crippen LogP contribution is 2.41. The Kier molecular flexibility index (Phi) is 6.91. The quantitative estimate of drug-likeness (QED) is 0.381. The minimum atomic E-state index is -0.783. The number of ketones is 1. The summed E-state index contributed by atoms with van der Waals surface area (Å²) < 4.78 is 5.08. The fourth-order valence-electron chi connectivity index (χ4n) is 3.78. The summed E-state index contributed by atoms with van der Waals surface area (Å²) in [6.07, 6.45) is 3.15. The molecule has 3 rings (SSSR count). The van der Waals surface area contributed by atoms with Crippen molar-refractivity contribution in [2.45, 2.75) is 19.9 Å². The smallest absolute Gasteiger partial charge is 0.295 e. The van der Waals surface area contributed by atoms with Crippen LogP contribution in [0.1, 0.15) is 31.0 Å². The number of pyridine rings is 1. The number of aromatic nitrogens is 1. The van der Waals surface area contributed by atoms with E-state index in [-0.39, 0.29) is 16.9 Å². The molecule has 0 spiro atoms. The van der Waals surface area contributed by atoms with E-state index in [1.165, 1.54) is 24.1 Å². The van der Waals surface area contributed by atoms with E-state index in [4.69, 9.17) is 4.74 Å². The van der Waals surface area contributed by atoms with Gasteiger partial charge in [0.2, 0.25) is 0 Å². The van der Waals surface area contributed by atoms with E-state index < -0.39 is 23.5 Å². The molecule has 0 bridgehead atoms. The van der Waals surface area contributed by atoms with Gasteiger partial charge in [-0.25, -0.2) is 0 Å². The van der Waals surface area contributed by atoms with Crippen LogP contribution in [0.5, 0.6) is 11.5 Å². The first-order chi connectivity index (χ1) is 14.9. The van der Waals surface area contributed by atoms with Gasteiger partial charge in [-0.15, -0.1) is 0 Å². The Morgan fingerprint density at radius 2 is 1.84 bits per heavy atom. The summed E-state index contributed by atoms with van der Waals surface area (Å²) in [5, 5.41) is 21.4. The number of ether oxygens (including phenoxy) is 1. The number of amides is 1. The monoisotopic (exact) mass is 425 g/mol. The molecule has 1 unspecified atom stereocenters. The van der Waals surface area contributed by atoms with Gasteiger partial charge in [-0.1, -0.05) is 13.8 Å². The van der Waals surface area contributed by atoms with Crippen LogP contribution in [0.3, 0.4) is 0 Å². The maximum Gasteiger partial charge on any atom is 0.295 e. The molecule has 1 saturated heterocycles. The topological polar surface area (TPSA) is 103 Å². The molecular formula is C23H27N3O5. The molecule has 1 aromatic heterocycles. The van der Waals surface area contributed by atoms with Crippen LogP contribution in [0.4, 0.5) is 0 Å². The number of likely N-dealkylation sites (N-methyl/N-ethyl adjacent to an activating group) is 1. The predicted molar refractivity (Wildman–Crippen MR) is 116 cm³/mol. The first kappa shape index (κ1) is 22.3. The van der Waals surface area contributed by atoms with Crippen LogP contribution in [0, 0.1) is 0 Å². The number of aliphatic hydroxyl groups is 1. The fraction of sp³-hybridized carbons (Fsp3) is 0.348. The number of phenolic OH excluding ortho intramolecular Hbond substituents is 1. The largest absolute Gasteiger partial charge is 0.507 e. The molecule has 1 aliphatic rings. The Morgan fingerprint density at radius 3 is 2.42 bits per heavy atom. The number of Topliss-reactive ketones (excluding diaryl/α,β-unsaturated/α-hetero) is 1. The molecule has 8 nitrogen and oxygen atoms in total. The van der Waals surface area contributed by atoms with Gasteiger partial charge < -0.3 is 24.7 Å². The number of carbonyl (C=O) groups excluding carboxylic acids is 2. The van der Waals surface area contributed by atoms with Gasteiger partial charge in [-0.3, -0.25) is 14.6 Å². The standard InChI is InChI=1S/C23H27N3O5/c1-4-25(5-2)12-13-26-20(15-8-10-24-11-9-15)19(22(29)23(26)30)21(28)17-7-6-16(31-3)14-18(17)27/h6-11,14,20,27-28H,4-5,12-13H2,1-3H3. The molecule has 164 valence electrons. The van der Waals surface area contributed by atoms with E-state index in [0.717, 1.165) is 13.1 Å². The van der Waals surface area contributed by atoms with E-state index >= 15 is 0 Å². The summed E-state index contributed by atoms with van der Waals surface area (Å²) in [5.41, 5.74) is 0.654. The SMILES string of the molecule is CCN(CC)CCN1C(=O)C(=O)C(=C(O)c2ccc(OC)cc2O)C1c1ccncc1. The number of rotatable bonds is 8. The van der Waals surface area contributed by atoms with E-state index in [9.17, 15) is 19.8 Å². The van der Waals surface area contributed by atoms with Crippen molar-refractivity contribution in [2.75, 3.05) is 33.3 Å². The lowest BCUT2D eigenvalue weighted by atomic mass is 9.95. The van der Waals surface area contributed by atoms with Crippen LogP contribution < -0.4 is 4.74 Å². The molecule has 1 aliphatic heterocycles. The van der Waals surface area contributed by atoms with Gasteiger partial charge in [0, 0.05) is 31.5 Å². The fourth-order valence-corrected chi connectivity index (χ4v) is 3.78. The molecule has 8 heteroatoms. The van der Waals surface area contributed by atoms with E-state index in [1.54, 1.807) is 30.6 Å². The minimum Gasteiger partial charge on any atom is -0.507 e. The molecule has 1 aromatic carbocycles. The lowest BCUT2D eigenvalue weighted by Gasteiger charge is -2.28. The van der Waals surface area contributed by atoms with Gasteiger partial charge in [0.15, 0.2) is 0 Å². The normalized spacial score (nSPS) is 18.1. The summed E-state index contributed by atoms with van der Waals surface area (Å²) >= 11 is 0. The van der Waals surface area contributed by atoms with Crippen molar-refractivity contribution in [3.05, 3.63) is 59.4 Å². The molecule has 31 heavy (non-hydrogen) atoms. The van der Waals surface area contributed by atoms with Gasteiger partial charge in [-0.05, 0) is 42.9 Å². The highest BCUT2D eigenvalue weighted by atomic mass is 16.5. The molecule has 1 amide bonds. The third-order valence-corrected chi connectivity index (χ3v) is 5.57. The van der Waals surface area contributed by atoms with Crippen molar-refractivity contribution in [3.63, 3.8) is 0 Å². The molecule has 0 saturated carbocycles. The highest BCUT2D eigenvalue weighted by Gasteiger charge is 2.46. The minimum absolute atomic E-state index is 0.0570. The third-order valence-electron chi connectivity index (χ3n) is 5.57. The van der Waals surface area contributed by atoms with Crippen LogP contribution >= 0.6 is 0 Å². The third kappa shape index (κ3) is 4.39. The van der Waals surface area contributed by atoms with Gasteiger partial charge in [0.1, 0.15) is 17.3 Å². The van der Waals surface area contributed by atoms with Gasteiger partial charge in [-0.2, -0.15) is 0 Å². The van der Waals surface area contributed by atoms with Crippen molar-refractivity contribution in [1.29, 1.82) is 0 Å². The van der Waals surface area contributed by atoms with Crippen LogP contribution in [-0.4, -0.2) is 70.0 Å². The maximum atomic E-state index is 13.0. The van der Waals surface area contributed by atoms with Crippen molar-refractivity contribution >= 4 is 17.4 Å². The second kappa shape index (κ2) is 9.61. The number of likely N-dealkylation sites (tertiary alicyclic amines) is 1. The Bertz CT molecular complexity index is 986. The van der Waals surface area contributed by atoms with Crippen molar-refractivity contribution in [2.24, 2.45) is 0 Å². The zero-order chi connectivity index (χ0) is 22.5. The number of carbonyl (C=O) groups is 2. The first-order valence-corrected chi connectivity index (χ1v) is 10.2. The molecular weight excluding hydrogens is 398 g/mol. The maximum absolute atomic E-state index is 13.0. The summed E-state index contributed by atoms with van der Waals surface area (Å²) in [4.78, 5) is 33.6. The molecule has 2 heterocycles. The summed E-state index contributed by atoms with van der Waals surface area (Å²) in [6.45, 7) is 6.62. The molecule has 2 N–H and O–H groups in total. The Hall–Kier alpha value is -3.39. The second-order valence-corrected chi connectivity index (χ2v) is 7.18. The number of hydrogen-bond acceptors (Lipinski definition) is 7. The Morgan fingerprint density at radius 1 is 1.16 bits per heavy atom. The number of aromatic hydroxyl groups is 1. The number of benzene rings is 1. The van der Waals surface area contributed by atoms with Crippen LogP contribution in [-0.2, 0) is 9.59 Å². The highest BCUT2D eigenvalue weighted by molar-refractivity contribution is 6.46. The molecule has 0 radical (unpaired) electrons. The number of aliphatic hydroxyl groups excluding tert-OH is 1. The zero-order valence-electron chi connectivity index (χ0n) is 17.9. The van der Waals surface area contributed by atoms with Gasteiger partial charge in [0.25, 0.3) is 11.7 Å². The first-order valence-electron chi connectivity index (χ1n) is 10.2. The molecule has 0 aliphatic carbocycles. The summed E-state index contributed by atoms with van der Waals surface area (Å²) in [7, 11) is 1.46. The Balaban J connectivity index is 2.10. The van der Waals surface area contributed by atoms with Gasteiger partial charge >= 0.3 is 0 Å². The average Bonchev–Trinajstić information content (AvgIpc) is 3.04. The van der Waals surface area contributed by atoms with E-state index in [1.807, 2.05) is 13.8 Å². The lowest BCUT2D eigenvalue weighted by molar-refractivity contribution is -0.140.